The number of esters is 1. The zero-order valence-electron chi connectivity index (χ0n) is 15.5. The third-order valence-electron chi connectivity index (χ3n) is 3.07. The smallest absolute Gasteiger partial charge is 0.408 e. The van der Waals surface area contributed by atoms with Gasteiger partial charge in [0.1, 0.15) is 11.4 Å². The van der Waals surface area contributed by atoms with E-state index in [-0.39, 0.29) is 0 Å². The molecule has 1 aromatic rings. The van der Waals surface area contributed by atoms with Crippen LogP contribution in [0.1, 0.15) is 33.3 Å². The monoisotopic (exact) mass is 349 g/mol. The normalized spacial score (nSPS) is 12.5. The van der Waals surface area contributed by atoms with Gasteiger partial charge in [-0.05, 0) is 51.8 Å². The summed E-state index contributed by atoms with van der Waals surface area (Å²) in [6, 6.07) is 7.08. The largest absolute Gasteiger partial charge is 0.497 e. The first-order valence-corrected chi connectivity index (χ1v) is 8.21. The molecule has 0 saturated carbocycles. The van der Waals surface area contributed by atoms with Crippen LogP contribution in [0.3, 0.4) is 0 Å². The molecule has 0 aliphatic rings. The summed E-state index contributed by atoms with van der Waals surface area (Å²) in [5, 5.41) is 2.76. The Morgan fingerprint density at radius 3 is 2.36 bits per heavy atom. The van der Waals surface area contributed by atoms with Crippen LogP contribution in [-0.2, 0) is 20.7 Å². The number of ether oxygens (including phenoxy) is 3. The van der Waals surface area contributed by atoms with E-state index in [9.17, 15) is 9.59 Å². The van der Waals surface area contributed by atoms with Crippen LogP contribution in [0.2, 0.25) is 0 Å². The van der Waals surface area contributed by atoms with Crippen molar-refractivity contribution < 1.29 is 23.8 Å². The lowest BCUT2D eigenvalue weighted by molar-refractivity contribution is -0.137. The molecule has 6 nitrogen and oxygen atoms in total. The van der Waals surface area contributed by atoms with Gasteiger partial charge >= 0.3 is 12.1 Å². The molecule has 0 aliphatic carbocycles. The molecule has 0 bridgehead atoms. The number of alkyl carbamates (subject to hydrolysis) is 1. The Morgan fingerprint density at radius 1 is 1.20 bits per heavy atom. The minimum atomic E-state index is -0.598. The number of amides is 1. The fraction of sp³-hybridized carbons (Fsp3) is 0.474. The highest BCUT2D eigenvalue weighted by molar-refractivity contribution is 5.82. The van der Waals surface area contributed by atoms with Gasteiger partial charge in [0.25, 0.3) is 0 Å². The molecule has 0 radical (unpaired) electrons. The first kappa shape index (κ1) is 20.5. The van der Waals surface area contributed by atoms with Crippen molar-refractivity contribution in [3.05, 3.63) is 42.0 Å². The van der Waals surface area contributed by atoms with E-state index in [1.807, 2.05) is 24.3 Å². The Kier molecular flexibility index (Phi) is 7.98. The molecule has 25 heavy (non-hydrogen) atoms. The van der Waals surface area contributed by atoms with Crippen molar-refractivity contribution in [1.29, 1.82) is 0 Å². The molecule has 1 amide bonds. The van der Waals surface area contributed by atoms with Crippen molar-refractivity contribution in [2.45, 2.75) is 45.8 Å². The van der Waals surface area contributed by atoms with E-state index >= 15 is 0 Å². The second kappa shape index (κ2) is 9.71. The lowest BCUT2D eigenvalue weighted by atomic mass is 10.1. The number of hydrogen-bond donors (Lipinski definition) is 1. The molecular formula is C19H27NO5. The number of hydrogen-bond acceptors (Lipinski definition) is 5. The average molecular weight is 349 g/mol. The van der Waals surface area contributed by atoms with Crippen molar-refractivity contribution in [2.75, 3.05) is 13.7 Å². The van der Waals surface area contributed by atoms with Gasteiger partial charge in [0, 0.05) is 6.08 Å². The average Bonchev–Trinajstić information content (AvgIpc) is 2.52. The molecule has 0 aromatic heterocycles. The third-order valence-corrected chi connectivity index (χ3v) is 3.07. The Bertz CT molecular complexity index is 587. The van der Waals surface area contributed by atoms with Gasteiger partial charge in [-0.3, -0.25) is 0 Å². The Balaban J connectivity index is 2.81. The van der Waals surface area contributed by atoms with Gasteiger partial charge in [-0.1, -0.05) is 18.2 Å². The first-order valence-electron chi connectivity index (χ1n) is 8.21. The molecule has 6 heteroatoms. The summed E-state index contributed by atoms with van der Waals surface area (Å²) in [5.74, 6) is 0.302. The lowest BCUT2D eigenvalue weighted by Crippen LogP contribution is -2.39. The third kappa shape index (κ3) is 8.79. The summed E-state index contributed by atoms with van der Waals surface area (Å²) in [5.41, 5.74) is 0.384. The van der Waals surface area contributed by atoms with Crippen LogP contribution < -0.4 is 10.1 Å². The molecule has 0 unspecified atom stereocenters. The van der Waals surface area contributed by atoms with Gasteiger partial charge in [-0.25, -0.2) is 9.59 Å². The fourth-order valence-corrected chi connectivity index (χ4v) is 2.03. The zero-order chi connectivity index (χ0) is 18.9. The van der Waals surface area contributed by atoms with Crippen LogP contribution in [0, 0.1) is 0 Å². The van der Waals surface area contributed by atoms with Gasteiger partial charge in [-0.2, -0.15) is 0 Å². The van der Waals surface area contributed by atoms with Crippen LogP contribution in [0.4, 0.5) is 4.79 Å². The Labute approximate surface area is 149 Å². The molecular weight excluding hydrogens is 322 g/mol. The molecule has 1 atom stereocenters. The summed E-state index contributed by atoms with van der Waals surface area (Å²) in [6.07, 6.45) is 2.87. The van der Waals surface area contributed by atoms with Gasteiger partial charge in [0.2, 0.25) is 0 Å². The van der Waals surface area contributed by atoms with E-state index in [4.69, 9.17) is 14.2 Å². The minimum absolute atomic E-state index is 0.297. The summed E-state index contributed by atoms with van der Waals surface area (Å²) in [4.78, 5) is 23.6. The van der Waals surface area contributed by atoms with Crippen molar-refractivity contribution in [3.8, 4) is 5.75 Å². The molecule has 1 aromatic carbocycles. The van der Waals surface area contributed by atoms with Gasteiger partial charge in [0.05, 0.1) is 19.8 Å². The molecule has 0 fully saturated rings. The fourth-order valence-electron chi connectivity index (χ4n) is 2.03. The van der Waals surface area contributed by atoms with Crippen molar-refractivity contribution in [1.82, 2.24) is 5.32 Å². The molecule has 1 rings (SSSR count). The second-order valence-electron chi connectivity index (χ2n) is 6.42. The topological polar surface area (TPSA) is 73.9 Å². The van der Waals surface area contributed by atoms with E-state index in [0.29, 0.717) is 13.0 Å². The van der Waals surface area contributed by atoms with Crippen molar-refractivity contribution >= 4 is 12.1 Å². The van der Waals surface area contributed by atoms with E-state index in [1.54, 1.807) is 40.9 Å². The summed E-state index contributed by atoms with van der Waals surface area (Å²) in [6.45, 7) is 7.41. The van der Waals surface area contributed by atoms with Crippen molar-refractivity contribution in [2.24, 2.45) is 0 Å². The quantitative estimate of drug-likeness (QED) is 0.604. The lowest BCUT2D eigenvalue weighted by Gasteiger charge is -2.22. The second-order valence-corrected chi connectivity index (χ2v) is 6.42. The number of rotatable bonds is 7. The van der Waals surface area contributed by atoms with E-state index in [0.717, 1.165) is 11.3 Å². The van der Waals surface area contributed by atoms with Gasteiger partial charge in [0.15, 0.2) is 0 Å². The standard InChI is InChI=1S/C19H27NO5/c1-6-24-17(21)12-9-15(20-18(22)25-19(2,3)4)13-14-7-10-16(23-5)11-8-14/h7-12,15H,6,13H2,1-5H3,(H,20,22)/b12-9+/t15-/m0/s1. The number of benzene rings is 1. The number of carbonyl (C=O) groups excluding carboxylic acids is 2. The van der Waals surface area contributed by atoms with Gasteiger partial charge < -0.3 is 19.5 Å². The van der Waals surface area contributed by atoms with Crippen molar-refractivity contribution in [3.63, 3.8) is 0 Å². The van der Waals surface area contributed by atoms with E-state index in [2.05, 4.69) is 5.32 Å². The maximum absolute atomic E-state index is 12.0. The Hall–Kier alpha value is -2.50. The highest BCUT2D eigenvalue weighted by Crippen LogP contribution is 2.14. The number of nitrogens with one attached hydrogen (secondary N) is 1. The molecule has 0 saturated heterocycles. The first-order chi connectivity index (χ1) is 11.7. The summed E-state index contributed by atoms with van der Waals surface area (Å²) >= 11 is 0. The molecule has 138 valence electrons. The molecule has 0 heterocycles. The molecule has 0 aliphatic heterocycles. The predicted octanol–water partition coefficient (Wildman–Crippen LogP) is 3.25. The maximum atomic E-state index is 12.0. The van der Waals surface area contributed by atoms with Crippen LogP contribution in [0.15, 0.2) is 36.4 Å². The van der Waals surface area contributed by atoms with Crippen LogP contribution in [0.5, 0.6) is 5.75 Å². The van der Waals surface area contributed by atoms with Crippen LogP contribution in [0.25, 0.3) is 0 Å². The zero-order valence-corrected chi connectivity index (χ0v) is 15.5. The number of methoxy groups -OCH3 is 1. The van der Waals surface area contributed by atoms with E-state index < -0.39 is 23.7 Å². The highest BCUT2D eigenvalue weighted by Gasteiger charge is 2.19. The van der Waals surface area contributed by atoms with E-state index in [1.165, 1.54) is 6.08 Å². The van der Waals surface area contributed by atoms with Crippen LogP contribution in [-0.4, -0.2) is 37.4 Å². The highest BCUT2D eigenvalue weighted by atomic mass is 16.6. The Morgan fingerprint density at radius 2 is 1.84 bits per heavy atom. The molecule has 1 N–H and O–H groups in total. The van der Waals surface area contributed by atoms with Crippen LogP contribution >= 0.6 is 0 Å². The predicted molar refractivity (Wildman–Crippen MR) is 95.6 cm³/mol. The number of carbonyl (C=O) groups is 2. The SMILES string of the molecule is CCOC(=O)/C=C/[C@@H](Cc1ccc(OC)cc1)NC(=O)OC(C)(C)C. The maximum Gasteiger partial charge on any atom is 0.408 e. The summed E-state index contributed by atoms with van der Waals surface area (Å²) in [7, 11) is 1.60. The minimum Gasteiger partial charge on any atom is -0.497 e. The summed E-state index contributed by atoms with van der Waals surface area (Å²) < 4.78 is 15.3. The molecule has 0 spiro atoms. The van der Waals surface area contributed by atoms with Gasteiger partial charge in [-0.15, -0.1) is 0 Å².